The van der Waals surface area contributed by atoms with Crippen LogP contribution < -0.4 is 5.32 Å². The highest BCUT2D eigenvalue weighted by molar-refractivity contribution is 9.10. The number of likely N-dealkylation sites (N-methyl/N-ethyl adjacent to an activating group) is 1. The zero-order valence-corrected chi connectivity index (χ0v) is 13.4. The van der Waals surface area contributed by atoms with E-state index in [1.807, 2.05) is 12.1 Å². The molecular weight excluding hydrogens is 335 g/mol. The lowest BCUT2D eigenvalue weighted by Crippen LogP contribution is -2.40. The van der Waals surface area contributed by atoms with Crippen molar-refractivity contribution in [2.24, 2.45) is 0 Å². The Bertz CT molecular complexity index is 426. The van der Waals surface area contributed by atoms with E-state index in [9.17, 15) is 0 Å². The van der Waals surface area contributed by atoms with E-state index >= 15 is 0 Å². The van der Waals surface area contributed by atoms with Crippen LogP contribution in [0.1, 0.15) is 19.3 Å². The second kappa shape index (κ2) is 6.47. The highest BCUT2D eigenvalue weighted by Crippen LogP contribution is 2.35. The van der Waals surface area contributed by atoms with E-state index in [-0.39, 0.29) is 0 Å². The van der Waals surface area contributed by atoms with Crippen molar-refractivity contribution in [1.29, 1.82) is 0 Å². The maximum absolute atomic E-state index is 6.21. The molecule has 0 amide bonds. The van der Waals surface area contributed by atoms with Gasteiger partial charge in [-0.05, 0) is 54.5 Å². The number of benzene rings is 1. The molecule has 0 spiro atoms. The molecule has 0 saturated carbocycles. The third-order valence-corrected chi connectivity index (χ3v) is 5.26. The molecule has 1 aromatic carbocycles. The van der Waals surface area contributed by atoms with Gasteiger partial charge in [-0.1, -0.05) is 29.6 Å². The fraction of sp³-hybridized carbons (Fsp3) is 0.538. The minimum Gasteiger partial charge on any atom is -0.382 e. The van der Waals surface area contributed by atoms with Crippen LogP contribution in [0.5, 0.6) is 0 Å². The predicted octanol–water partition coefficient (Wildman–Crippen LogP) is 4.65. The number of anilines is 1. The third kappa shape index (κ3) is 3.32. The van der Waals surface area contributed by atoms with E-state index in [0.29, 0.717) is 16.1 Å². The first-order chi connectivity index (χ1) is 8.59. The van der Waals surface area contributed by atoms with Gasteiger partial charge in [-0.2, -0.15) is 0 Å². The van der Waals surface area contributed by atoms with Crippen LogP contribution in [0.2, 0.25) is 10.0 Å². The Morgan fingerprint density at radius 1 is 1.33 bits per heavy atom. The molecule has 1 atom stereocenters. The van der Waals surface area contributed by atoms with E-state index in [0.717, 1.165) is 16.7 Å². The van der Waals surface area contributed by atoms with Crippen LogP contribution >= 0.6 is 39.1 Å². The molecule has 0 radical (unpaired) electrons. The zero-order chi connectivity index (χ0) is 13.1. The van der Waals surface area contributed by atoms with Gasteiger partial charge in [-0.3, -0.25) is 0 Å². The highest BCUT2D eigenvalue weighted by atomic mass is 79.9. The number of piperidine rings is 1. The number of hydrogen-bond donors (Lipinski definition) is 1. The van der Waals surface area contributed by atoms with Gasteiger partial charge in [0.1, 0.15) is 0 Å². The molecule has 100 valence electrons. The van der Waals surface area contributed by atoms with Crippen molar-refractivity contribution in [1.82, 2.24) is 4.90 Å². The highest BCUT2D eigenvalue weighted by Gasteiger charge is 2.19. The predicted molar refractivity (Wildman–Crippen MR) is 82.9 cm³/mol. The summed E-state index contributed by atoms with van der Waals surface area (Å²) in [5.41, 5.74) is 0.906. The van der Waals surface area contributed by atoms with Gasteiger partial charge in [-0.25, -0.2) is 0 Å². The van der Waals surface area contributed by atoms with Gasteiger partial charge in [0.05, 0.1) is 15.7 Å². The van der Waals surface area contributed by atoms with E-state index in [1.54, 1.807) is 0 Å². The number of rotatable bonds is 3. The van der Waals surface area contributed by atoms with Crippen LogP contribution in [-0.4, -0.2) is 31.1 Å². The number of likely N-dealkylation sites (tertiary alicyclic amines) is 1. The van der Waals surface area contributed by atoms with Gasteiger partial charge in [0.15, 0.2) is 0 Å². The van der Waals surface area contributed by atoms with E-state index in [1.165, 1.54) is 25.8 Å². The summed E-state index contributed by atoms with van der Waals surface area (Å²) in [7, 11) is 2.18. The van der Waals surface area contributed by atoms with Crippen LogP contribution in [-0.2, 0) is 0 Å². The van der Waals surface area contributed by atoms with E-state index in [2.05, 4.69) is 33.2 Å². The van der Waals surface area contributed by atoms with Crippen LogP contribution in [0.15, 0.2) is 16.6 Å². The molecule has 5 heteroatoms. The number of nitrogens with one attached hydrogen (secondary N) is 1. The first kappa shape index (κ1) is 14.4. The fourth-order valence-electron chi connectivity index (χ4n) is 2.29. The summed E-state index contributed by atoms with van der Waals surface area (Å²) in [6.45, 7) is 2.09. The summed E-state index contributed by atoms with van der Waals surface area (Å²) in [5.74, 6) is 0. The summed E-state index contributed by atoms with van der Waals surface area (Å²) in [5, 5.41) is 4.56. The molecule has 0 aromatic heterocycles. The normalized spacial score (nSPS) is 21.0. The van der Waals surface area contributed by atoms with Crippen molar-refractivity contribution < 1.29 is 0 Å². The van der Waals surface area contributed by atoms with Crippen molar-refractivity contribution in [3.63, 3.8) is 0 Å². The lowest BCUT2D eigenvalue weighted by molar-refractivity contribution is 0.194. The van der Waals surface area contributed by atoms with E-state index < -0.39 is 0 Å². The third-order valence-electron chi connectivity index (χ3n) is 3.48. The molecule has 0 aliphatic carbocycles. The summed E-state index contributed by atoms with van der Waals surface area (Å²) < 4.78 is 0.828. The molecule has 2 nitrogen and oxygen atoms in total. The van der Waals surface area contributed by atoms with Gasteiger partial charge >= 0.3 is 0 Å². The standard InChI is InChI=1S/C13H17BrCl2N2/c1-18-7-3-2-4-9(18)8-17-11-6-5-10(14)12(15)13(11)16/h5-6,9,17H,2-4,7-8H2,1H3. The second-order valence-electron chi connectivity index (χ2n) is 4.73. The monoisotopic (exact) mass is 350 g/mol. The Morgan fingerprint density at radius 2 is 2.11 bits per heavy atom. The Balaban J connectivity index is 1.99. The molecule has 1 aliphatic rings. The smallest absolute Gasteiger partial charge is 0.0835 e. The lowest BCUT2D eigenvalue weighted by atomic mass is 10.0. The Kier molecular flexibility index (Phi) is 5.19. The van der Waals surface area contributed by atoms with Crippen molar-refractivity contribution in [2.45, 2.75) is 25.3 Å². The summed E-state index contributed by atoms with van der Waals surface area (Å²) in [4.78, 5) is 2.41. The van der Waals surface area contributed by atoms with Gasteiger partial charge in [0.2, 0.25) is 0 Å². The Labute approximate surface area is 127 Å². The number of nitrogens with zero attached hydrogens (tertiary/aromatic N) is 1. The van der Waals surface area contributed by atoms with Gasteiger partial charge in [0, 0.05) is 17.1 Å². The van der Waals surface area contributed by atoms with Gasteiger partial charge in [-0.15, -0.1) is 0 Å². The lowest BCUT2D eigenvalue weighted by Gasteiger charge is -2.32. The molecule has 1 unspecified atom stereocenters. The second-order valence-corrected chi connectivity index (χ2v) is 6.34. The summed E-state index contributed by atoms with van der Waals surface area (Å²) >= 11 is 15.7. The average molecular weight is 352 g/mol. The van der Waals surface area contributed by atoms with Crippen LogP contribution in [0, 0.1) is 0 Å². The first-order valence-corrected chi connectivity index (χ1v) is 7.72. The molecule has 1 fully saturated rings. The molecular formula is C13H17BrCl2N2. The van der Waals surface area contributed by atoms with Crippen molar-refractivity contribution in [2.75, 3.05) is 25.5 Å². The Morgan fingerprint density at radius 3 is 2.83 bits per heavy atom. The van der Waals surface area contributed by atoms with E-state index in [4.69, 9.17) is 23.2 Å². The zero-order valence-electron chi connectivity index (χ0n) is 10.3. The fourth-order valence-corrected chi connectivity index (χ4v) is 3.13. The molecule has 1 aromatic rings. The molecule has 2 rings (SSSR count). The van der Waals surface area contributed by atoms with Gasteiger partial charge < -0.3 is 10.2 Å². The van der Waals surface area contributed by atoms with Crippen molar-refractivity contribution in [3.8, 4) is 0 Å². The van der Waals surface area contributed by atoms with Crippen LogP contribution in [0.3, 0.4) is 0 Å². The minimum absolute atomic E-state index is 0.568. The van der Waals surface area contributed by atoms with Crippen molar-refractivity contribution >= 4 is 44.8 Å². The topological polar surface area (TPSA) is 15.3 Å². The van der Waals surface area contributed by atoms with Crippen LogP contribution in [0.4, 0.5) is 5.69 Å². The largest absolute Gasteiger partial charge is 0.382 e. The summed E-state index contributed by atoms with van der Waals surface area (Å²) in [6, 6.07) is 4.46. The minimum atomic E-state index is 0.568. The molecule has 18 heavy (non-hydrogen) atoms. The molecule has 1 heterocycles. The Hall–Kier alpha value is 0.0400. The van der Waals surface area contributed by atoms with Gasteiger partial charge in [0.25, 0.3) is 0 Å². The number of halogens is 3. The average Bonchev–Trinajstić information content (AvgIpc) is 2.37. The maximum Gasteiger partial charge on any atom is 0.0835 e. The van der Waals surface area contributed by atoms with Crippen molar-refractivity contribution in [3.05, 3.63) is 26.7 Å². The number of hydrogen-bond acceptors (Lipinski definition) is 2. The molecule has 0 bridgehead atoms. The molecule has 1 N–H and O–H groups in total. The quantitative estimate of drug-likeness (QED) is 0.797. The SMILES string of the molecule is CN1CCCCC1CNc1ccc(Br)c(Cl)c1Cl. The maximum atomic E-state index is 6.21. The molecule has 1 saturated heterocycles. The summed E-state index contributed by atoms with van der Waals surface area (Å²) in [6.07, 6.45) is 3.86. The molecule has 1 aliphatic heterocycles. The first-order valence-electron chi connectivity index (χ1n) is 6.17. The van der Waals surface area contributed by atoms with Crippen LogP contribution in [0.25, 0.3) is 0 Å².